The fraction of sp³-hybridized carbons (Fsp3) is 0.846. The summed E-state index contributed by atoms with van der Waals surface area (Å²) in [6, 6.07) is 0.209. The Bertz CT molecular complexity index is 467. The number of carbonyl (C=O) groups is 2. The molecule has 0 aromatic carbocycles. The Hall–Kier alpha value is -1.11. The highest BCUT2D eigenvalue weighted by molar-refractivity contribution is 7.91. The van der Waals surface area contributed by atoms with E-state index in [1.54, 1.807) is 0 Å². The minimum Gasteiger partial charge on any atom is -0.456 e. The number of carbonyl (C=O) groups excluding carboxylic acids is 2. The van der Waals surface area contributed by atoms with Crippen molar-refractivity contribution >= 4 is 21.7 Å². The van der Waals surface area contributed by atoms with Gasteiger partial charge in [-0.3, -0.25) is 9.59 Å². The summed E-state index contributed by atoms with van der Waals surface area (Å²) in [5.41, 5.74) is 0. The third kappa shape index (κ3) is 4.77. The number of esters is 1. The van der Waals surface area contributed by atoms with E-state index in [1.807, 2.05) is 0 Å². The molecule has 1 saturated heterocycles. The van der Waals surface area contributed by atoms with E-state index in [0.29, 0.717) is 6.42 Å². The van der Waals surface area contributed by atoms with E-state index in [1.165, 1.54) is 0 Å². The topological polar surface area (TPSA) is 89.5 Å². The normalized spacial score (nSPS) is 25.5. The molecule has 0 aromatic rings. The summed E-state index contributed by atoms with van der Waals surface area (Å²) >= 11 is 0. The molecule has 0 radical (unpaired) electrons. The van der Waals surface area contributed by atoms with Gasteiger partial charge in [0, 0.05) is 12.5 Å². The first-order chi connectivity index (χ1) is 9.44. The maximum Gasteiger partial charge on any atom is 0.306 e. The average Bonchev–Trinajstić information content (AvgIpc) is 2.97. The van der Waals surface area contributed by atoms with Gasteiger partial charge in [-0.25, -0.2) is 8.42 Å². The zero-order valence-electron chi connectivity index (χ0n) is 11.5. The maximum atomic E-state index is 11.6. The van der Waals surface area contributed by atoms with Gasteiger partial charge in [-0.2, -0.15) is 0 Å². The number of sulfone groups is 1. The Labute approximate surface area is 119 Å². The number of nitrogens with one attached hydrogen (secondary N) is 1. The van der Waals surface area contributed by atoms with Gasteiger partial charge in [0.15, 0.2) is 16.4 Å². The third-order valence-electron chi connectivity index (χ3n) is 3.87. The van der Waals surface area contributed by atoms with Crippen LogP contribution in [-0.2, 0) is 24.2 Å². The van der Waals surface area contributed by atoms with Crippen LogP contribution in [0.3, 0.4) is 0 Å². The Balaban J connectivity index is 1.63. The summed E-state index contributed by atoms with van der Waals surface area (Å²) in [6.45, 7) is -0.269. The largest absolute Gasteiger partial charge is 0.456 e. The SMILES string of the molecule is O=C(COC(=O)C[C@H]1CCS(=O)(=O)C1)NC1CCCC1. The molecule has 1 saturated carbocycles. The van der Waals surface area contributed by atoms with Crippen molar-refractivity contribution in [2.24, 2.45) is 5.92 Å². The van der Waals surface area contributed by atoms with E-state index < -0.39 is 15.8 Å². The summed E-state index contributed by atoms with van der Waals surface area (Å²) in [6.07, 6.45) is 4.81. The molecular formula is C13H21NO5S. The predicted octanol–water partition coefficient (Wildman–Crippen LogP) is 0.413. The van der Waals surface area contributed by atoms with Gasteiger partial charge in [0.2, 0.25) is 0 Å². The van der Waals surface area contributed by atoms with Crippen molar-refractivity contribution in [1.29, 1.82) is 0 Å². The van der Waals surface area contributed by atoms with Crippen molar-refractivity contribution in [2.45, 2.75) is 44.6 Å². The molecule has 0 spiro atoms. The van der Waals surface area contributed by atoms with Crippen molar-refractivity contribution < 1.29 is 22.7 Å². The highest BCUT2D eigenvalue weighted by Crippen LogP contribution is 2.22. The quantitative estimate of drug-likeness (QED) is 0.743. The molecule has 114 valence electrons. The van der Waals surface area contributed by atoms with Crippen molar-refractivity contribution in [3.63, 3.8) is 0 Å². The van der Waals surface area contributed by atoms with Crippen molar-refractivity contribution in [3.8, 4) is 0 Å². The minimum absolute atomic E-state index is 0.0520. The van der Waals surface area contributed by atoms with Crippen LogP contribution < -0.4 is 5.32 Å². The molecule has 1 heterocycles. The molecule has 2 rings (SSSR count). The van der Waals surface area contributed by atoms with Gasteiger partial charge in [0.1, 0.15) is 0 Å². The van der Waals surface area contributed by atoms with Crippen LogP contribution in [0.5, 0.6) is 0 Å². The van der Waals surface area contributed by atoms with E-state index in [2.05, 4.69) is 5.32 Å². The van der Waals surface area contributed by atoms with E-state index in [9.17, 15) is 18.0 Å². The van der Waals surface area contributed by atoms with Crippen LogP contribution >= 0.6 is 0 Å². The number of hydrogen-bond acceptors (Lipinski definition) is 5. The third-order valence-corrected chi connectivity index (χ3v) is 5.70. The van der Waals surface area contributed by atoms with Gasteiger partial charge in [-0.15, -0.1) is 0 Å². The van der Waals surface area contributed by atoms with E-state index in [4.69, 9.17) is 4.74 Å². The summed E-state index contributed by atoms with van der Waals surface area (Å²) in [5, 5.41) is 2.83. The van der Waals surface area contributed by atoms with Crippen molar-refractivity contribution in [3.05, 3.63) is 0 Å². The molecule has 1 amide bonds. The average molecular weight is 303 g/mol. The first-order valence-electron chi connectivity index (χ1n) is 7.10. The Kier molecular flexibility index (Phi) is 5.01. The molecule has 1 aliphatic heterocycles. The van der Waals surface area contributed by atoms with Crippen LogP contribution in [0.25, 0.3) is 0 Å². The van der Waals surface area contributed by atoms with Gasteiger partial charge < -0.3 is 10.1 Å². The zero-order chi connectivity index (χ0) is 14.6. The van der Waals surface area contributed by atoms with Gasteiger partial charge in [0.05, 0.1) is 11.5 Å². The summed E-state index contributed by atoms with van der Waals surface area (Å²) in [4.78, 5) is 23.1. The van der Waals surface area contributed by atoms with E-state index in [0.717, 1.165) is 25.7 Å². The molecule has 0 unspecified atom stereocenters. The molecule has 2 fully saturated rings. The summed E-state index contributed by atoms with van der Waals surface area (Å²) < 4.78 is 27.4. The van der Waals surface area contributed by atoms with Crippen LogP contribution in [0.4, 0.5) is 0 Å². The smallest absolute Gasteiger partial charge is 0.306 e. The second-order valence-electron chi connectivity index (χ2n) is 5.68. The molecule has 2 aliphatic rings. The molecule has 0 aromatic heterocycles. The lowest BCUT2D eigenvalue weighted by Gasteiger charge is -2.12. The molecule has 0 bridgehead atoms. The number of rotatable bonds is 5. The van der Waals surface area contributed by atoms with Crippen LogP contribution in [0.2, 0.25) is 0 Å². The molecule has 6 nitrogen and oxygen atoms in total. The Morgan fingerprint density at radius 1 is 1.15 bits per heavy atom. The van der Waals surface area contributed by atoms with Gasteiger partial charge in [-0.05, 0) is 25.2 Å². The first-order valence-corrected chi connectivity index (χ1v) is 8.92. The fourth-order valence-corrected chi connectivity index (χ4v) is 4.68. The Morgan fingerprint density at radius 2 is 1.85 bits per heavy atom. The van der Waals surface area contributed by atoms with Gasteiger partial charge in [0.25, 0.3) is 5.91 Å². The van der Waals surface area contributed by atoms with Crippen LogP contribution in [0, 0.1) is 5.92 Å². The second kappa shape index (κ2) is 6.56. The Morgan fingerprint density at radius 3 is 2.45 bits per heavy atom. The molecule has 1 atom stereocenters. The van der Waals surface area contributed by atoms with Gasteiger partial charge in [-0.1, -0.05) is 12.8 Å². The predicted molar refractivity (Wildman–Crippen MR) is 72.7 cm³/mol. The zero-order valence-corrected chi connectivity index (χ0v) is 12.3. The van der Waals surface area contributed by atoms with E-state index >= 15 is 0 Å². The first kappa shape index (κ1) is 15.3. The lowest BCUT2D eigenvalue weighted by molar-refractivity contribution is -0.149. The standard InChI is InChI=1S/C13H21NO5S/c15-12(14-11-3-1-2-4-11)8-19-13(16)7-10-5-6-20(17,18)9-10/h10-11H,1-9H2,(H,14,15)/t10-/m1/s1. The van der Waals surface area contributed by atoms with E-state index in [-0.39, 0.29) is 42.4 Å². The lowest BCUT2D eigenvalue weighted by Crippen LogP contribution is -2.36. The molecule has 20 heavy (non-hydrogen) atoms. The van der Waals surface area contributed by atoms with Crippen molar-refractivity contribution in [2.75, 3.05) is 18.1 Å². The molecule has 1 N–H and O–H groups in total. The van der Waals surface area contributed by atoms with Crippen molar-refractivity contribution in [1.82, 2.24) is 5.32 Å². The van der Waals surface area contributed by atoms with Crippen LogP contribution in [0.15, 0.2) is 0 Å². The molecule has 1 aliphatic carbocycles. The monoisotopic (exact) mass is 303 g/mol. The maximum absolute atomic E-state index is 11.6. The summed E-state index contributed by atoms with van der Waals surface area (Å²) in [5.74, 6) is -0.730. The number of amides is 1. The van der Waals surface area contributed by atoms with Crippen LogP contribution in [-0.4, -0.2) is 44.4 Å². The fourth-order valence-electron chi connectivity index (χ4n) is 2.81. The highest BCUT2D eigenvalue weighted by atomic mass is 32.2. The second-order valence-corrected chi connectivity index (χ2v) is 7.91. The lowest BCUT2D eigenvalue weighted by atomic mass is 10.1. The highest BCUT2D eigenvalue weighted by Gasteiger charge is 2.30. The number of hydrogen-bond donors (Lipinski definition) is 1. The van der Waals surface area contributed by atoms with Gasteiger partial charge >= 0.3 is 5.97 Å². The summed E-state index contributed by atoms with van der Waals surface area (Å²) in [7, 11) is -2.98. The molecular weight excluding hydrogens is 282 g/mol. The minimum atomic E-state index is -2.98. The molecule has 7 heteroatoms. The number of ether oxygens (including phenoxy) is 1. The van der Waals surface area contributed by atoms with Crippen LogP contribution in [0.1, 0.15) is 38.5 Å².